The molecular weight excluding hydrogens is 455 g/mol. The van der Waals surface area contributed by atoms with Gasteiger partial charge in [0.15, 0.2) is 16.4 Å². The van der Waals surface area contributed by atoms with Crippen molar-refractivity contribution in [2.75, 3.05) is 12.4 Å². The van der Waals surface area contributed by atoms with Crippen LogP contribution in [0.25, 0.3) is 0 Å². The Morgan fingerprint density at radius 3 is 2.38 bits per heavy atom. The molecule has 0 aliphatic rings. The number of hydrogen-bond donors (Lipinski definition) is 0. The quantitative estimate of drug-likeness (QED) is 0.329. The Balaban J connectivity index is 2.33. The summed E-state index contributed by atoms with van der Waals surface area (Å²) in [6.45, 7) is 8.47. The fourth-order valence-corrected chi connectivity index (χ4v) is 4.51. The van der Waals surface area contributed by atoms with E-state index in [-0.39, 0.29) is 34.5 Å². The fourth-order valence-electron chi connectivity index (χ4n) is 2.70. The van der Waals surface area contributed by atoms with Crippen LogP contribution in [-0.2, 0) is 19.4 Å². The highest BCUT2D eigenvalue weighted by molar-refractivity contribution is 7.91. The Morgan fingerprint density at radius 1 is 1.09 bits per heavy atom. The van der Waals surface area contributed by atoms with Gasteiger partial charge in [-0.25, -0.2) is 17.6 Å². The molecule has 2 aromatic rings. The minimum Gasteiger partial charge on any atom is -0.481 e. The second kappa shape index (κ2) is 10.4. The molecule has 2 rings (SSSR count). The molecular formula is C24H26ClFO5S. The molecule has 0 amide bonds. The van der Waals surface area contributed by atoms with Gasteiger partial charge in [0, 0.05) is 5.02 Å². The van der Waals surface area contributed by atoms with Crippen LogP contribution in [0, 0.1) is 23.6 Å². The highest BCUT2D eigenvalue weighted by Gasteiger charge is 2.19. The lowest BCUT2D eigenvalue weighted by molar-refractivity contribution is -0.157. The Labute approximate surface area is 193 Å². The van der Waals surface area contributed by atoms with Gasteiger partial charge in [0.25, 0.3) is 0 Å². The van der Waals surface area contributed by atoms with E-state index in [1.165, 1.54) is 24.3 Å². The first-order valence-electron chi connectivity index (χ1n) is 9.95. The Hall–Kier alpha value is -2.56. The van der Waals surface area contributed by atoms with Crippen LogP contribution in [0.5, 0.6) is 5.75 Å². The number of carbonyl (C=O) groups excluding carboxylic acids is 1. The van der Waals surface area contributed by atoms with Gasteiger partial charge in [-0.3, -0.25) is 0 Å². The maximum atomic E-state index is 14.3. The molecule has 0 atom stereocenters. The average molecular weight is 481 g/mol. The molecule has 0 aliphatic heterocycles. The third-order valence-electron chi connectivity index (χ3n) is 3.89. The van der Waals surface area contributed by atoms with Gasteiger partial charge in [0.05, 0.1) is 21.8 Å². The van der Waals surface area contributed by atoms with Gasteiger partial charge in [0.1, 0.15) is 17.2 Å². The monoisotopic (exact) mass is 480 g/mol. The zero-order valence-corrected chi connectivity index (χ0v) is 20.2. The minimum absolute atomic E-state index is 0.00407. The van der Waals surface area contributed by atoms with E-state index in [1.807, 2.05) is 0 Å². The van der Waals surface area contributed by atoms with Gasteiger partial charge in [-0.2, -0.15) is 0 Å². The largest absolute Gasteiger partial charge is 0.481 e. The smallest absolute Gasteiger partial charge is 0.344 e. The van der Waals surface area contributed by atoms with Gasteiger partial charge < -0.3 is 9.47 Å². The topological polar surface area (TPSA) is 69.7 Å². The molecule has 5 nitrogen and oxygen atoms in total. The van der Waals surface area contributed by atoms with Crippen molar-refractivity contribution in [3.05, 3.63) is 58.4 Å². The van der Waals surface area contributed by atoms with Crippen LogP contribution in [0.3, 0.4) is 0 Å². The third kappa shape index (κ3) is 7.85. The number of halogens is 2. The van der Waals surface area contributed by atoms with Crippen LogP contribution < -0.4 is 4.74 Å². The van der Waals surface area contributed by atoms with E-state index in [9.17, 15) is 17.6 Å². The molecule has 0 spiro atoms. The second-order valence-corrected chi connectivity index (χ2v) is 11.1. The summed E-state index contributed by atoms with van der Waals surface area (Å²) in [5.41, 5.74) is -0.412. The molecule has 0 fully saturated rings. The number of hydrogen-bond acceptors (Lipinski definition) is 5. The summed E-state index contributed by atoms with van der Waals surface area (Å²) in [6.07, 6.45) is 0. The molecule has 32 heavy (non-hydrogen) atoms. The lowest BCUT2D eigenvalue weighted by atomic mass is 10.1. The maximum Gasteiger partial charge on any atom is 0.344 e. The number of benzene rings is 2. The van der Waals surface area contributed by atoms with Crippen molar-refractivity contribution in [1.29, 1.82) is 0 Å². The van der Waals surface area contributed by atoms with Gasteiger partial charge in [-0.1, -0.05) is 37.3 Å². The van der Waals surface area contributed by atoms with Crippen molar-refractivity contribution < 1.29 is 27.1 Å². The van der Waals surface area contributed by atoms with E-state index < -0.39 is 27.2 Å². The van der Waals surface area contributed by atoms with E-state index in [2.05, 4.69) is 11.8 Å². The summed E-state index contributed by atoms with van der Waals surface area (Å²) in [6, 6.07) is 8.14. The molecule has 0 heterocycles. The first-order chi connectivity index (χ1) is 14.8. The van der Waals surface area contributed by atoms with Crippen molar-refractivity contribution in [3.63, 3.8) is 0 Å². The zero-order valence-electron chi connectivity index (χ0n) is 18.7. The maximum absolute atomic E-state index is 14.3. The molecule has 0 aliphatic carbocycles. The van der Waals surface area contributed by atoms with E-state index >= 15 is 0 Å². The summed E-state index contributed by atoms with van der Waals surface area (Å²) in [7, 11) is -3.56. The van der Waals surface area contributed by atoms with Crippen molar-refractivity contribution in [2.45, 2.75) is 45.1 Å². The predicted molar refractivity (Wildman–Crippen MR) is 122 cm³/mol. The molecule has 0 N–H and O–H groups in total. The molecule has 0 saturated heterocycles. The van der Waals surface area contributed by atoms with Crippen molar-refractivity contribution in [3.8, 4) is 17.6 Å². The van der Waals surface area contributed by atoms with Crippen LogP contribution in [0.15, 0.2) is 41.3 Å². The highest BCUT2D eigenvalue weighted by atomic mass is 35.5. The van der Waals surface area contributed by atoms with Crippen LogP contribution in [0.2, 0.25) is 5.02 Å². The van der Waals surface area contributed by atoms with Crippen LogP contribution in [0.4, 0.5) is 4.39 Å². The number of carbonyl (C=O) groups is 1. The van der Waals surface area contributed by atoms with Crippen LogP contribution in [0.1, 0.15) is 45.7 Å². The predicted octanol–water partition coefficient (Wildman–Crippen LogP) is 5.03. The molecule has 0 radical (unpaired) electrons. The van der Waals surface area contributed by atoms with E-state index in [0.29, 0.717) is 10.6 Å². The average Bonchev–Trinajstić information content (AvgIpc) is 2.64. The van der Waals surface area contributed by atoms with Crippen LogP contribution >= 0.6 is 11.6 Å². The number of esters is 1. The van der Waals surface area contributed by atoms with Gasteiger partial charge >= 0.3 is 5.97 Å². The number of sulfone groups is 1. The Kier molecular flexibility index (Phi) is 8.33. The van der Waals surface area contributed by atoms with E-state index in [0.717, 1.165) is 6.07 Å². The third-order valence-corrected chi connectivity index (χ3v) is 6.20. The molecule has 0 aromatic heterocycles. The van der Waals surface area contributed by atoms with Crippen molar-refractivity contribution in [1.82, 2.24) is 0 Å². The second-order valence-electron chi connectivity index (χ2n) is 8.58. The van der Waals surface area contributed by atoms with Gasteiger partial charge in [-0.15, -0.1) is 0 Å². The SMILES string of the molecule is CC(C)CS(=O)(=O)c1ccc(F)c(C#Cc2cc(Cl)ccc2OCC(=O)OC(C)(C)C)c1. The van der Waals surface area contributed by atoms with Gasteiger partial charge in [-0.05, 0) is 63.1 Å². The molecule has 2 aromatic carbocycles. The lowest BCUT2D eigenvalue weighted by Gasteiger charge is -2.19. The molecule has 172 valence electrons. The summed E-state index contributed by atoms with van der Waals surface area (Å²) >= 11 is 6.04. The highest BCUT2D eigenvalue weighted by Crippen LogP contribution is 2.23. The normalized spacial score (nSPS) is 11.6. The van der Waals surface area contributed by atoms with E-state index in [1.54, 1.807) is 40.7 Å². The molecule has 0 saturated carbocycles. The molecule has 8 heteroatoms. The lowest BCUT2D eigenvalue weighted by Crippen LogP contribution is -2.27. The Bertz CT molecular complexity index is 1160. The minimum atomic E-state index is -3.56. The summed E-state index contributed by atoms with van der Waals surface area (Å²) in [4.78, 5) is 11.9. The molecule has 0 bridgehead atoms. The van der Waals surface area contributed by atoms with E-state index in [4.69, 9.17) is 21.1 Å². The summed E-state index contributed by atoms with van der Waals surface area (Å²) in [5.74, 6) is 4.33. The summed E-state index contributed by atoms with van der Waals surface area (Å²) < 4.78 is 50.0. The number of ether oxygens (including phenoxy) is 2. The first-order valence-corrected chi connectivity index (χ1v) is 12.0. The zero-order chi connectivity index (χ0) is 24.1. The Morgan fingerprint density at radius 2 is 1.75 bits per heavy atom. The standard InChI is InChI=1S/C24H26ClFO5S/c1-16(2)15-32(28,29)20-9-10-21(26)17(13-20)6-7-18-12-19(25)8-11-22(18)30-14-23(27)31-24(3,4)5/h8-13,16H,14-15H2,1-5H3. The number of rotatable bonds is 6. The summed E-state index contributed by atoms with van der Waals surface area (Å²) in [5, 5.41) is 0.368. The van der Waals surface area contributed by atoms with Gasteiger partial charge in [0.2, 0.25) is 0 Å². The fraction of sp³-hybridized carbons (Fsp3) is 0.375. The van der Waals surface area contributed by atoms with Crippen molar-refractivity contribution >= 4 is 27.4 Å². The first kappa shape index (κ1) is 25.7. The molecule has 0 unspecified atom stereocenters. The van der Waals surface area contributed by atoms with Crippen molar-refractivity contribution in [2.24, 2.45) is 5.92 Å². The van der Waals surface area contributed by atoms with Crippen LogP contribution in [-0.4, -0.2) is 32.3 Å².